The molecule has 2 aromatic rings. The smallest absolute Gasteiger partial charge is 0.269 e. The van der Waals surface area contributed by atoms with Crippen molar-refractivity contribution in [1.29, 1.82) is 10.5 Å². The summed E-state index contributed by atoms with van der Waals surface area (Å²) in [6.45, 7) is 0.919. The van der Waals surface area contributed by atoms with Crippen LogP contribution >= 0.6 is 11.3 Å². The molecule has 0 saturated carbocycles. The Morgan fingerprint density at radius 2 is 2.16 bits per heavy atom. The van der Waals surface area contributed by atoms with Gasteiger partial charge in [-0.1, -0.05) is 18.2 Å². The highest BCUT2D eigenvalue weighted by molar-refractivity contribution is 7.07. The predicted molar refractivity (Wildman–Crippen MR) is 91.4 cm³/mol. The summed E-state index contributed by atoms with van der Waals surface area (Å²) in [5.41, 5.74) is -0.192. The molecule has 126 valence electrons. The summed E-state index contributed by atoms with van der Waals surface area (Å²) >= 11 is 1.02. The van der Waals surface area contributed by atoms with Gasteiger partial charge in [-0.05, 0) is 25.0 Å². The van der Waals surface area contributed by atoms with Gasteiger partial charge in [0.15, 0.2) is 5.57 Å². The first-order valence-corrected chi connectivity index (χ1v) is 8.57. The molecule has 0 aliphatic carbocycles. The summed E-state index contributed by atoms with van der Waals surface area (Å²) in [7, 11) is 0. The minimum absolute atomic E-state index is 0.119. The van der Waals surface area contributed by atoms with E-state index in [0.717, 1.165) is 24.2 Å². The molecule has 0 amide bonds. The van der Waals surface area contributed by atoms with E-state index >= 15 is 0 Å². The van der Waals surface area contributed by atoms with E-state index < -0.39 is 5.82 Å². The van der Waals surface area contributed by atoms with Crippen molar-refractivity contribution in [2.45, 2.75) is 25.5 Å². The van der Waals surface area contributed by atoms with E-state index in [1.54, 1.807) is 18.2 Å². The maximum absolute atomic E-state index is 13.9. The van der Waals surface area contributed by atoms with Crippen LogP contribution in [0, 0.1) is 28.5 Å². The zero-order chi connectivity index (χ0) is 17.8. The number of ether oxygens (including phenoxy) is 1. The van der Waals surface area contributed by atoms with Crippen LogP contribution in [0.5, 0.6) is 0 Å². The quantitative estimate of drug-likeness (QED) is 0.830. The lowest BCUT2D eigenvalue weighted by Crippen LogP contribution is -2.35. The molecule has 1 atom stereocenters. The molecule has 1 fully saturated rings. The highest BCUT2D eigenvalue weighted by Crippen LogP contribution is 2.13. The lowest BCUT2D eigenvalue weighted by Gasteiger charge is -2.09. The van der Waals surface area contributed by atoms with E-state index in [-0.39, 0.29) is 38.5 Å². The zero-order valence-corrected chi connectivity index (χ0v) is 14.1. The number of rotatable bonds is 3. The van der Waals surface area contributed by atoms with Gasteiger partial charge in [-0.15, -0.1) is 11.3 Å². The molecule has 1 saturated heterocycles. The van der Waals surface area contributed by atoms with Crippen molar-refractivity contribution < 1.29 is 9.13 Å². The molecule has 1 unspecified atom stereocenters. The number of hydrogen-bond acceptors (Lipinski definition) is 5. The van der Waals surface area contributed by atoms with Crippen LogP contribution in [-0.4, -0.2) is 17.3 Å². The van der Waals surface area contributed by atoms with Gasteiger partial charge in [0.25, 0.3) is 5.56 Å². The third-order valence-electron chi connectivity index (χ3n) is 3.95. The predicted octanol–water partition coefficient (Wildman–Crippen LogP) is 1.25. The third kappa shape index (κ3) is 3.53. The number of hydrogen-bond donors (Lipinski definition) is 0. The number of nitrogens with zero attached hydrogens (tertiary/aromatic N) is 3. The topological polar surface area (TPSA) is 78.8 Å². The Hall–Kier alpha value is -2.74. The summed E-state index contributed by atoms with van der Waals surface area (Å²) in [5, 5.41) is 18.4. The van der Waals surface area contributed by atoms with Crippen LogP contribution in [0.25, 0.3) is 11.6 Å². The van der Waals surface area contributed by atoms with Crippen molar-refractivity contribution in [2.75, 3.05) is 6.61 Å². The second-order valence-corrected chi connectivity index (χ2v) is 6.62. The molecule has 25 heavy (non-hydrogen) atoms. The van der Waals surface area contributed by atoms with Gasteiger partial charge in [-0.25, -0.2) is 4.39 Å². The largest absolute Gasteiger partial charge is 0.376 e. The van der Waals surface area contributed by atoms with Gasteiger partial charge in [-0.2, -0.15) is 10.5 Å². The second kappa shape index (κ2) is 7.43. The van der Waals surface area contributed by atoms with Crippen molar-refractivity contribution in [3.05, 3.63) is 55.2 Å². The molecule has 2 heterocycles. The lowest BCUT2D eigenvalue weighted by atomic mass is 10.2. The Morgan fingerprint density at radius 3 is 2.80 bits per heavy atom. The van der Waals surface area contributed by atoms with Crippen LogP contribution in [0.1, 0.15) is 18.4 Å². The third-order valence-corrected chi connectivity index (χ3v) is 5.08. The fraction of sp³-hybridized carbons (Fsp3) is 0.278. The van der Waals surface area contributed by atoms with E-state index in [9.17, 15) is 19.7 Å². The van der Waals surface area contributed by atoms with Crippen molar-refractivity contribution in [2.24, 2.45) is 0 Å². The van der Waals surface area contributed by atoms with Crippen LogP contribution in [0.2, 0.25) is 0 Å². The van der Waals surface area contributed by atoms with E-state index in [0.29, 0.717) is 6.61 Å². The fourth-order valence-electron chi connectivity index (χ4n) is 2.72. The number of nitriles is 2. The molecular weight excluding hydrogens is 341 g/mol. The van der Waals surface area contributed by atoms with Gasteiger partial charge in [0.2, 0.25) is 0 Å². The fourth-order valence-corrected chi connectivity index (χ4v) is 3.77. The maximum atomic E-state index is 13.9. The molecule has 1 aliphatic heterocycles. The average Bonchev–Trinajstić information content (AvgIpc) is 3.22. The number of aromatic nitrogens is 1. The highest BCUT2D eigenvalue weighted by atomic mass is 32.1. The Balaban J connectivity index is 2.21. The van der Waals surface area contributed by atoms with Gasteiger partial charge >= 0.3 is 0 Å². The van der Waals surface area contributed by atoms with Crippen LogP contribution in [0.3, 0.4) is 0 Å². The molecule has 0 spiro atoms. The van der Waals surface area contributed by atoms with E-state index in [1.165, 1.54) is 16.7 Å². The van der Waals surface area contributed by atoms with Crippen LogP contribution < -0.4 is 14.8 Å². The number of benzene rings is 1. The standard InChI is InChI=1S/C18H14FN3O2S/c19-15-6-2-1-4-12(15)8-16-17(23)22(11-14-5-3-7-24-14)18(25-16)13(9-20)10-21/h1-2,4,6,8,14H,3,5,7,11H2/b16-8-. The second-order valence-electron chi connectivity index (χ2n) is 5.59. The van der Waals surface area contributed by atoms with Gasteiger partial charge in [-0.3, -0.25) is 9.36 Å². The van der Waals surface area contributed by atoms with Crippen molar-refractivity contribution in [3.8, 4) is 12.1 Å². The Bertz CT molecular complexity index is 1030. The van der Waals surface area contributed by atoms with Crippen LogP contribution in [0.15, 0.2) is 29.1 Å². The van der Waals surface area contributed by atoms with Crippen molar-refractivity contribution >= 4 is 23.0 Å². The van der Waals surface area contributed by atoms with E-state index in [1.807, 2.05) is 12.1 Å². The Labute approximate surface area is 147 Å². The monoisotopic (exact) mass is 355 g/mol. The molecular formula is C18H14FN3O2S. The molecule has 0 bridgehead atoms. The molecule has 7 heteroatoms. The Morgan fingerprint density at radius 1 is 1.40 bits per heavy atom. The molecule has 0 N–H and O–H groups in total. The Kier molecular flexibility index (Phi) is 5.08. The first-order chi connectivity index (χ1) is 12.1. The summed E-state index contributed by atoms with van der Waals surface area (Å²) in [4.78, 5) is 12.8. The first-order valence-electron chi connectivity index (χ1n) is 7.76. The average molecular weight is 355 g/mol. The van der Waals surface area contributed by atoms with Crippen molar-refractivity contribution in [1.82, 2.24) is 4.57 Å². The molecule has 1 aromatic heterocycles. The van der Waals surface area contributed by atoms with Gasteiger partial charge in [0, 0.05) is 12.2 Å². The van der Waals surface area contributed by atoms with Gasteiger partial charge in [0.1, 0.15) is 22.6 Å². The normalized spacial score (nSPS) is 17.2. The molecule has 1 aliphatic rings. The minimum atomic E-state index is -0.438. The van der Waals surface area contributed by atoms with E-state index in [2.05, 4.69) is 0 Å². The zero-order valence-electron chi connectivity index (χ0n) is 13.2. The molecule has 5 nitrogen and oxygen atoms in total. The summed E-state index contributed by atoms with van der Waals surface area (Å²) in [6.07, 6.45) is 3.07. The molecule has 0 radical (unpaired) electrons. The highest BCUT2D eigenvalue weighted by Gasteiger charge is 2.19. The summed E-state index contributed by atoms with van der Waals surface area (Å²) in [6, 6.07) is 9.78. The number of halogens is 1. The summed E-state index contributed by atoms with van der Waals surface area (Å²) < 4.78 is 21.4. The van der Waals surface area contributed by atoms with Crippen LogP contribution in [-0.2, 0) is 11.3 Å². The van der Waals surface area contributed by atoms with Gasteiger partial charge in [0.05, 0.1) is 17.2 Å². The van der Waals surface area contributed by atoms with Crippen LogP contribution in [0.4, 0.5) is 4.39 Å². The first kappa shape index (κ1) is 17.1. The minimum Gasteiger partial charge on any atom is -0.376 e. The summed E-state index contributed by atoms with van der Waals surface area (Å²) in [5.74, 6) is -0.438. The molecule has 1 aromatic carbocycles. The SMILES string of the molecule is N#CC(C#N)=c1s/c(=C\c2ccccc2F)c(=O)n1CC1CCCO1. The molecule has 3 rings (SSSR count). The number of thiazole rings is 1. The lowest BCUT2D eigenvalue weighted by molar-refractivity contribution is 0.0959. The van der Waals surface area contributed by atoms with Gasteiger partial charge < -0.3 is 4.74 Å². The maximum Gasteiger partial charge on any atom is 0.269 e. The van der Waals surface area contributed by atoms with Crippen molar-refractivity contribution in [3.63, 3.8) is 0 Å². The van der Waals surface area contributed by atoms with E-state index in [4.69, 9.17) is 4.74 Å².